The van der Waals surface area contributed by atoms with Gasteiger partial charge in [0, 0.05) is 6.04 Å². The molecule has 0 bridgehead atoms. The topological polar surface area (TPSA) is 12.0 Å². The lowest BCUT2D eigenvalue weighted by Crippen LogP contribution is -2.27. The third-order valence-corrected chi connectivity index (χ3v) is 2.05. The van der Waals surface area contributed by atoms with E-state index in [2.05, 4.69) is 39.6 Å². The molecule has 0 aliphatic heterocycles. The molecule has 0 spiro atoms. The summed E-state index contributed by atoms with van der Waals surface area (Å²) in [7, 11) is 0. The Morgan fingerprint density at radius 1 is 1.42 bits per heavy atom. The molecular formula is C11H23N. The molecule has 1 N–H and O–H groups in total. The standard InChI is InChI=1S/C11H23N/c1-6-7-11(4,5)8-9-12-10(2)3/h6,10,12H,1,7-9H2,2-5H3. The van der Waals surface area contributed by atoms with Crippen molar-refractivity contribution in [1.82, 2.24) is 5.32 Å². The molecule has 0 radical (unpaired) electrons. The monoisotopic (exact) mass is 169 g/mol. The summed E-state index contributed by atoms with van der Waals surface area (Å²) >= 11 is 0. The smallest absolute Gasteiger partial charge is 0.00103 e. The van der Waals surface area contributed by atoms with Crippen molar-refractivity contribution in [3.63, 3.8) is 0 Å². The zero-order chi connectivity index (χ0) is 9.61. The van der Waals surface area contributed by atoms with Crippen LogP contribution in [0, 0.1) is 5.41 Å². The van der Waals surface area contributed by atoms with Crippen molar-refractivity contribution in [2.45, 2.75) is 46.6 Å². The van der Waals surface area contributed by atoms with Gasteiger partial charge in [-0.05, 0) is 24.8 Å². The van der Waals surface area contributed by atoms with Gasteiger partial charge in [-0.3, -0.25) is 0 Å². The quantitative estimate of drug-likeness (QED) is 0.603. The van der Waals surface area contributed by atoms with E-state index in [-0.39, 0.29) is 0 Å². The largest absolute Gasteiger partial charge is 0.315 e. The van der Waals surface area contributed by atoms with Crippen LogP contribution in [0.25, 0.3) is 0 Å². The summed E-state index contributed by atoms with van der Waals surface area (Å²) in [4.78, 5) is 0. The van der Waals surface area contributed by atoms with Crippen LogP contribution in [-0.4, -0.2) is 12.6 Å². The van der Waals surface area contributed by atoms with Crippen LogP contribution in [0.15, 0.2) is 12.7 Å². The molecule has 72 valence electrons. The van der Waals surface area contributed by atoms with Crippen LogP contribution in [0.3, 0.4) is 0 Å². The Morgan fingerprint density at radius 2 is 2.00 bits per heavy atom. The molecule has 12 heavy (non-hydrogen) atoms. The zero-order valence-electron chi connectivity index (χ0n) is 8.98. The van der Waals surface area contributed by atoms with Crippen LogP contribution in [-0.2, 0) is 0 Å². The number of rotatable bonds is 6. The second-order valence-corrected chi connectivity index (χ2v) is 4.52. The van der Waals surface area contributed by atoms with E-state index in [1.807, 2.05) is 6.08 Å². The molecule has 0 fully saturated rings. The molecule has 0 aromatic carbocycles. The van der Waals surface area contributed by atoms with Crippen molar-refractivity contribution < 1.29 is 0 Å². The van der Waals surface area contributed by atoms with Crippen molar-refractivity contribution >= 4 is 0 Å². The van der Waals surface area contributed by atoms with Crippen LogP contribution in [0.2, 0.25) is 0 Å². The van der Waals surface area contributed by atoms with Gasteiger partial charge in [-0.25, -0.2) is 0 Å². The number of nitrogens with one attached hydrogen (secondary N) is 1. The first-order valence-corrected chi connectivity index (χ1v) is 4.82. The van der Waals surface area contributed by atoms with Crippen LogP contribution in [0.4, 0.5) is 0 Å². The molecule has 0 saturated carbocycles. The van der Waals surface area contributed by atoms with Crippen molar-refractivity contribution in [3.8, 4) is 0 Å². The minimum absolute atomic E-state index is 0.406. The molecule has 0 amide bonds. The van der Waals surface area contributed by atoms with Crippen LogP contribution >= 0.6 is 0 Å². The maximum atomic E-state index is 3.77. The van der Waals surface area contributed by atoms with Crippen molar-refractivity contribution in [2.75, 3.05) is 6.54 Å². The number of hydrogen-bond acceptors (Lipinski definition) is 1. The summed E-state index contributed by atoms with van der Waals surface area (Å²) < 4.78 is 0. The average molecular weight is 169 g/mol. The van der Waals surface area contributed by atoms with E-state index < -0.39 is 0 Å². The van der Waals surface area contributed by atoms with E-state index in [1.165, 1.54) is 6.42 Å². The maximum absolute atomic E-state index is 3.77. The highest BCUT2D eigenvalue weighted by atomic mass is 14.9. The van der Waals surface area contributed by atoms with E-state index >= 15 is 0 Å². The zero-order valence-corrected chi connectivity index (χ0v) is 8.98. The Hall–Kier alpha value is -0.300. The number of allylic oxidation sites excluding steroid dienone is 1. The summed E-state index contributed by atoms with van der Waals surface area (Å²) in [6, 6.07) is 0.601. The number of hydrogen-bond donors (Lipinski definition) is 1. The molecule has 0 aromatic heterocycles. The van der Waals surface area contributed by atoms with Crippen molar-refractivity contribution in [3.05, 3.63) is 12.7 Å². The minimum Gasteiger partial charge on any atom is -0.315 e. The predicted octanol–water partition coefficient (Wildman–Crippen LogP) is 2.98. The fraction of sp³-hybridized carbons (Fsp3) is 0.818. The van der Waals surface area contributed by atoms with Gasteiger partial charge < -0.3 is 5.32 Å². The molecule has 0 unspecified atom stereocenters. The second-order valence-electron chi connectivity index (χ2n) is 4.52. The molecule has 0 aliphatic rings. The third kappa shape index (κ3) is 6.41. The van der Waals surface area contributed by atoms with Gasteiger partial charge in [0.05, 0.1) is 0 Å². The first-order chi connectivity index (χ1) is 5.48. The van der Waals surface area contributed by atoms with Gasteiger partial charge in [0.25, 0.3) is 0 Å². The van der Waals surface area contributed by atoms with Gasteiger partial charge in [-0.2, -0.15) is 0 Å². The Balaban J connectivity index is 3.53. The summed E-state index contributed by atoms with van der Waals surface area (Å²) in [5, 5.41) is 3.43. The average Bonchev–Trinajstić information content (AvgIpc) is 1.85. The normalized spacial score (nSPS) is 12.1. The lowest BCUT2D eigenvalue weighted by Gasteiger charge is -2.23. The highest BCUT2D eigenvalue weighted by Crippen LogP contribution is 2.24. The molecule has 1 nitrogen and oxygen atoms in total. The molecule has 0 heterocycles. The summed E-state index contributed by atoms with van der Waals surface area (Å²) in [6.45, 7) is 13.8. The van der Waals surface area contributed by atoms with E-state index in [0.717, 1.165) is 13.0 Å². The van der Waals surface area contributed by atoms with E-state index in [1.54, 1.807) is 0 Å². The summed E-state index contributed by atoms with van der Waals surface area (Å²) in [5.41, 5.74) is 0.406. The SMILES string of the molecule is C=CCC(C)(C)CCNC(C)C. The third-order valence-electron chi connectivity index (χ3n) is 2.05. The van der Waals surface area contributed by atoms with E-state index in [4.69, 9.17) is 0 Å². The van der Waals surface area contributed by atoms with Gasteiger partial charge in [-0.1, -0.05) is 33.8 Å². The lowest BCUT2D eigenvalue weighted by molar-refractivity contribution is 0.327. The van der Waals surface area contributed by atoms with Gasteiger partial charge in [0.2, 0.25) is 0 Å². The summed E-state index contributed by atoms with van der Waals surface area (Å²) in [5.74, 6) is 0. The highest BCUT2D eigenvalue weighted by Gasteiger charge is 2.14. The first kappa shape index (κ1) is 11.7. The first-order valence-electron chi connectivity index (χ1n) is 4.82. The van der Waals surface area contributed by atoms with Gasteiger partial charge >= 0.3 is 0 Å². The van der Waals surface area contributed by atoms with Crippen LogP contribution < -0.4 is 5.32 Å². The molecule has 0 aromatic rings. The maximum Gasteiger partial charge on any atom is 0.00103 e. The van der Waals surface area contributed by atoms with Crippen molar-refractivity contribution in [2.24, 2.45) is 5.41 Å². The van der Waals surface area contributed by atoms with E-state index in [9.17, 15) is 0 Å². The molecule has 0 atom stereocenters. The van der Waals surface area contributed by atoms with Crippen LogP contribution in [0.1, 0.15) is 40.5 Å². The van der Waals surface area contributed by atoms with Crippen LogP contribution in [0.5, 0.6) is 0 Å². The van der Waals surface area contributed by atoms with Gasteiger partial charge in [-0.15, -0.1) is 6.58 Å². The fourth-order valence-electron chi connectivity index (χ4n) is 1.19. The van der Waals surface area contributed by atoms with Gasteiger partial charge in [0.1, 0.15) is 0 Å². The van der Waals surface area contributed by atoms with Gasteiger partial charge in [0.15, 0.2) is 0 Å². The molecule has 1 heteroatoms. The molecule has 0 rings (SSSR count). The fourth-order valence-corrected chi connectivity index (χ4v) is 1.19. The second kappa shape index (κ2) is 5.36. The van der Waals surface area contributed by atoms with Crippen molar-refractivity contribution in [1.29, 1.82) is 0 Å². The Labute approximate surface area is 77.2 Å². The Morgan fingerprint density at radius 3 is 2.42 bits per heavy atom. The summed E-state index contributed by atoms with van der Waals surface area (Å²) in [6.07, 6.45) is 4.33. The predicted molar refractivity (Wildman–Crippen MR) is 56.4 cm³/mol. The Bertz CT molecular complexity index is 125. The molecular weight excluding hydrogens is 146 g/mol. The molecule has 0 aliphatic carbocycles. The lowest BCUT2D eigenvalue weighted by atomic mass is 9.86. The van der Waals surface area contributed by atoms with E-state index in [0.29, 0.717) is 11.5 Å². The molecule has 0 saturated heterocycles. The highest BCUT2D eigenvalue weighted by molar-refractivity contribution is 4.80. The minimum atomic E-state index is 0.406. The Kier molecular flexibility index (Phi) is 5.23.